The smallest absolute Gasteiger partial charge is 0.164 e. The normalized spacial score (nSPS) is 20.2. The van der Waals surface area contributed by atoms with E-state index in [1.165, 1.54) is 12.8 Å². The molecular weight excluding hydrogens is 230 g/mol. The summed E-state index contributed by atoms with van der Waals surface area (Å²) in [5.74, 6) is 1.76. The standard InChI is InChI=1S/C13H17N3O2/c1-17-10-5-6-16-12(8-10)14-15-13(16)9-11-4-2-3-7-18-11/h5-6,8,11H,2-4,7,9H2,1H3. The van der Waals surface area contributed by atoms with Gasteiger partial charge in [-0.05, 0) is 25.3 Å². The number of ether oxygens (including phenoxy) is 2. The first-order valence-electron chi connectivity index (χ1n) is 6.36. The van der Waals surface area contributed by atoms with E-state index in [9.17, 15) is 0 Å². The average Bonchev–Trinajstić information content (AvgIpc) is 2.82. The molecule has 0 saturated carbocycles. The van der Waals surface area contributed by atoms with Crippen LogP contribution < -0.4 is 4.74 Å². The van der Waals surface area contributed by atoms with Crippen LogP contribution in [0.15, 0.2) is 18.3 Å². The van der Waals surface area contributed by atoms with Gasteiger partial charge in [-0.25, -0.2) is 0 Å². The summed E-state index contributed by atoms with van der Waals surface area (Å²) in [7, 11) is 1.65. The lowest BCUT2D eigenvalue weighted by atomic mass is 10.1. The van der Waals surface area contributed by atoms with E-state index in [0.29, 0.717) is 0 Å². The first-order valence-corrected chi connectivity index (χ1v) is 6.36. The third-order valence-electron chi connectivity index (χ3n) is 3.37. The zero-order valence-corrected chi connectivity index (χ0v) is 10.5. The molecule has 3 rings (SSSR count). The maximum Gasteiger partial charge on any atom is 0.164 e. The van der Waals surface area contributed by atoms with Crippen molar-refractivity contribution in [3.63, 3.8) is 0 Å². The number of methoxy groups -OCH3 is 1. The van der Waals surface area contributed by atoms with E-state index in [0.717, 1.165) is 36.7 Å². The van der Waals surface area contributed by atoms with E-state index < -0.39 is 0 Å². The molecule has 18 heavy (non-hydrogen) atoms. The number of fused-ring (bicyclic) bond motifs is 1. The zero-order valence-electron chi connectivity index (χ0n) is 10.5. The lowest BCUT2D eigenvalue weighted by Gasteiger charge is -2.21. The minimum absolute atomic E-state index is 0.285. The number of hydrogen-bond acceptors (Lipinski definition) is 4. The van der Waals surface area contributed by atoms with Crippen molar-refractivity contribution in [2.24, 2.45) is 0 Å². The Morgan fingerprint density at radius 1 is 1.44 bits per heavy atom. The Balaban J connectivity index is 1.83. The highest BCUT2D eigenvalue weighted by Crippen LogP contribution is 2.18. The fourth-order valence-corrected chi connectivity index (χ4v) is 2.36. The van der Waals surface area contributed by atoms with Crippen LogP contribution in [0.2, 0.25) is 0 Å². The number of hydrogen-bond donors (Lipinski definition) is 0. The fraction of sp³-hybridized carbons (Fsp3) is 0.538. The van der Waals surface area contributed by atoms with Gasteiger partial charge in [-0.1, -0.05) is 0 Å². The molecule has 2 aromatic heterocycles. The molecule has 96 valence electrons. The van der Waals surface area contributed by atoms with Gasteiger partial charge in [-0.15, -0.1) is 10.2 Å². The maximum atomic E-state index is 5.74. The number of nitrogens with zero attached hydrogens (tertiary/aromatic N) is 3. The van der Waals surface area contributed by atoms with Crippen LogP contribution in [-0.2, 0) is 11.2 Å². The van der Waals surface area contributed by atoms with Crippen molar-refractivity contribution < 1.29 is 9.47 Å². The van der Waals surface area contributed by atoms with Gasteiger partial charge < -0.3 is 9.47 Å². The highest BCUT2D eigenvalue weighted by molar-refractivity contribution is 5.44. The highest BCUT2D eigenvalue weighted by atomic mass is 16.5. The summed E-state index contributed by atoms with van der Waals surface area (Å²) >= 11 is 0. The predicted octanol–water partition coefficient (Wildman–Crippen LogP) is 1.85. The van der Waals surface area contributed by atoms with Crippen molar-refractivity contribution in [2.45, 2.75) is 31.8 Å². The van der Waals surface area contributed by atoms with Crippen molar-refractivity contribution in [1.82, 2.24) is 14.6 Å². The summed E-state index contributed by atoms with van der Waals surface area (Å²) in [5, 5.41) is 8.41. The molecule has 0 aromatic carbocycles. The molecule has 1 atom stereocenters. The molecule has 0 amide bonds. The van der Waals surface area contributed by atoms with Gasteiger partial charge in [0.15, 0.2) is 5.65 Å². The molecule has 5 nitrogen and oxygen atoms in total. The quantitative estimate of drug-likeness (QED) is 0.830. The molecule has 0 radical (unpaired) electrons. The molecule has 1 aliphatic heterocycles. The van der Waals surface area contributed by atoms with Crippen molar-refractivity contribution in [3.05, 3.63) is 24.2 Å². The maximum absolute atomic E-state index is 5.74. The third-order valence-corrected chi connectivity index (χ3v) is 3.37. The summed E-state index contributed by atoms with van der Waals surface area (Å²) in [6.07, 6.45) is 6.60. The Hall–Kier alpha value is -1.62. The number of rotatable bonds is 3. The molecule has 1 unspecified atom stereocenters. The monoisotopic (exact) mass is 247 g/mol. The van der Waals surface area contributed by atoms with Gasteiger partial charge in [0.25, 0.3) is 0 Å². The van der Waals surface area contributed by atoms with Crippen LogP contribution in [-0.4, -0.2) is 34.4 Å². The van der Waals surface area contributed by atoms with E-state index in [1.54, 1.807) is 7.11 Å². The molecular formula is C13H17N3O2. The summed E-state index contributed by atoms with van der Waals surface area (Å²) in [6.45, 7) is 0.870. The molecule has 0 N–H and O–H groups in total. The fourth-order valence-electron chi connectivity index (χ4n) is 2.36. The Labute approximate surface area is 106 Å². The largest absolute Gasteiger partial charge is 0.497 e. The first-order chi connectivity index (χ1) is 8.86. The lowest BCUT2D eigenvalue weighted by Crippen LogP contribution is -2.22. The molecule has 5 heteroatoms. The van der Waals surface area contributed by atoms with Crippen LogP contribution in [0.3, 0.4) is 0 Å². The number of aromatic nitrogens is 3. The van der Waals surface area contributed by atoms with Crippen LogP contribution in [0.5, 0.6) is 5.75 Å². The van der Waals surface area contributed by atoms with Crippen LogP contribution in [0.25, 0.3) is 5.65 Å². The van der Waals surface area contributed by atoms with Crippen LogP contribution in [0.1, 0.15) is 25.1 Å². The van der Waals surface area contributed by atoms with Gasteiger partial charge in [0, 0.05) is 25.3 Å². The molecule has 2 aromatic rings. The predicted molar refractivity (Wildman–Crippen MR) is 66.8 cm³/mol. The van der Waals surface area contributed by atoms with E-state index >= 15 is 0 Å². The second-order valence-corrected chi connectivity index (χ2v) is 4.60. The molecule has 1 saturated heterocycles. The first kappa shape index (κ1) is 11.5. The van der Waals surface area contributed by atoms with Gasteiger partial charge in [0.2, 0.25) is 0 Å². The van der Waals surface area contributed by atoms with Gasteiger partial charge >= 0.3 is 0 Å². The molecule has 0 bridgehead atoms. The summed E-state index contributed by atoms with van der Waals surface area (Å²) in [4.78, 5) is 0. The molecule has 1 fully saturated rings. The number of pyridine rings is 1. The Morgan fingerprint density at radius 2 is 2.39 bits per heavy atom. The van der Waals surface area contributed by atoms with Crippen LogP contribution in [0, 0.1) is 0 Å². The second kappa shape index (κ2) is 4.94. The van der Waals surface area contributed by atoms with Crippen molar-refractivity contribution >= 4 is 5.65 Å². The SMILES string of the molecule is COc1ccn2c(CC3CCCCO3)nnc2c1. The molecule has 3 heterocycles. The zero-order chi connectivity index (χ0) is 12.4. The minimum Gasteiger partial charge on any atom is -0.497 e. The Kier molecular flexibility index (Phi) is 3.15. The van der Waals surface area contributed by atoms with E-state index in [-0.39, 0.29) is 6.10 Å². The summed E-state index contributed by atoms with van der Waals surface area (Å²) in [6, 6.07) is 3.81. The van der Waals surface area contributed by atoms with E-state index in [4.69, 9.17) is 9.47 Å². The minimum atomic E-state index is 0.285. The van der Waals surface area contributed by atoms with E-state index in [2.05, 4.69) is 10.2 Å². The van der Waals surface area contributed by atoms with Crippen LogP contribution >= 0.6 is 0 Å². The second-order valence-electron chi connectivity index (χ2n) is 4.60. The van der Waals surface area contributed by atoms with Gasteiger partial charge in [-0.3, -0.25) is 4.40 Å². The van der Waals surface area contributed by atoms with Crippen LogP contribution in [0.4, 0.5) is 0 Å². The molecule has 1 aliphatic rings. The molecule has 0 aliphatic carbocycles. The summed E-state index contributed by atoms with van der Waals surface area (Å²) in [5.41, 5.74) is 0.820. The van der Waals surface area contributed by atoms with E-state index in [1.807, 2.05) is 22.7 Å². The Morgan fingerprint density at radius 3 is 3.17 bits per heavy atom. The van der Waals surface area contributed by atoms with Crippen molar-refractivity contribution in [1.29, 1.82) is 0 Å². The Bertz CT molecular complexity index is 532. The van der Waals surface area contributed by atoms with Crippen molar-refractivity contribution in [3.8, 4) is 5.75 Å². The van der Waals surface area contributed by atoms with Gasteiger partial charge in [-0.2, -0.15) is 0 Å². The van der Waals surface area contributed by atoms with Crippen molar-refractivity contribution in [2.75, 3.05) is 13.7 Å². The third kappa shape index (κ3) is 2.18. The van der Waals surface area contributed by atoms with Gasteiger partial charge in [0.05, 0.1) is 13.2 Å². The molecule has 0 spiro atoms. The lowest BCUT2D eigenvalue weighted by molar-refractivity contribution is 0.0155. The average molecular weight is 247 g/mol. The topological polar surface area (TPSA) is 48.7 Å². The summed E-state index contributed by atoms with van der Waals surface area (Å²) < 4.78 is 12.9. The highest BCUT2D eigenvalue weighted by Gasteiger charge is 2.17. The van der Waals surface area contributed by atoms with Gasteiger partial charge in [0.1, 0.15) is 11.6 Å².